The van der Waals surface area contributed by atoms with E-state index >= 15 is 0 Å². The van der Waals surface area contributed by atoms with Crippen LogP contribution >= 0.6 is 0 Å². The Hall–Kier alpha value is -1.56. The summed E-state index contributed by atoms with van der Waals surface area (Å²) in [4.78, 5) is 11.3. The zero-order chi connectivity index (χ0) is 13.8. The van der Waals surface area contributed by atoms with Gasteiger partial charge >= 0.3 is 6.18 Å². The van der Waals surface area contributed by atoms with Gasteiger partial charge < -0.3 is 10.4 Å². The van der Waals surface area contributed by atoms with E-state index in [4.69, 9.17) is 0 Å². The molecule has 1 aromatic carbocycles. The van der Waals surface area contributed by atoms with Gasteiger partial charge in [-0.15, -0.1) is 0 Å². The number of aliphatic hydroxyl groups is 1. The molecule has 1 atom stereocenters. The molecule has 0 fully saturated rings. The van der Waals surface area contributed by atoms with Crippen LogP contribution in [0.15, 0.2) is 30.3 Å². The van der Waals surface area contributed by atoms with Gasteiger partial charge in [-0.1, -0.05) is 30.3 Å². The molecule has 6 heteroatoms. The Morgan fingerprint density at radius 2 is 1.83 bits per heavy atom. The fraction of sp³-hybridized carbons (Fsp3) is 0.417. The van der Waals surface area contributed by atoms with Gasteiger partial charge in [0.1, 0.15) is 6.42 Å². The van der Waals surface area contributed by atoms with Gasteiger partial charge in [-0.25, -0.2) is 0 Å². The van der Waals surface area contributed by atoms with Gasteiger partial charge in [0, 0.05) is 0 Å². The summed E-state index contributed by atoms with van der Waals surface area (Å²) in [6, 6.07) is 8.35. The van der Waals surface area contributed by atoms with Crippen molar-refractivity contribution in [3.8, 4) is 0 Å². The van der Waals surface area contributed by atoms with Crippen LogP contribution in [0.1, 0.15) is 18.9 Å². The number of nitrogens with one attached hydrogen (secondary N) is 1. The van der Waals surface area contributed by atoms with E-state index in [-0.39, 0.29) is 0 Å². The van der Waals surface area contributed by atoms with E-state index in [0.29, 0.717) is 5.56 Å². The van der Waals surface area contributed by atoms with Crippen LogP contribution in [-0.4, -0.2) is 23.8 Å². The fourth-order valence-electron chi connectivity index (χ4n) is 1.54. The van der Waals surface area contributed by atoms with Crippen molar-refractivity contribution >= 4 is 5.91 Å². The Labute approximate surface area is 103 Å². The van der Waals surface area contributed by atoms with Crippen molar-refractivity contribution < 1.29 is 23.1 Å². The number of halogens is 3. The molecule has 1 aromatic rings. The third kappa shape index (κ3) is 4.03. The van der Waals surface area contributed by atoms with Gasteiger partial charge in [-0.05, 0) is 12.5 Å². The van der Waals surface area contributed by atoms with Gasteiger partial charge in [0.05, 0.1) is 12.1 Å². The quantitative estimate of drug-likeness (QED) is 0.870. The second-order valence-corrected chi connectivity index (χ2v) is 4.20. The van der Waals surface area contributed by atoms with E-state index in [9.17, 15) is 23.1 Å². The second-order valence-electron chi connectivity index (χ2n) is 4.20. The monoisotopic (exact) mass is 261 g/mol. The summed E-state index contributed by atoms with van der Waals surface area (Å²) in [7, 11) is 0. The van der Waals surface area contributed by atoms with Crippen molar-refractivity contribution in [2.45, 2.75) is 25.1 Å². The summed E-state index contributed by atoms with van der Waals surface area (Å²) >= 11 is 0. The Bertz CT molecular complexity index is 406. The lowest BCUT2D eigenvalue weighted by atomic mass is 9.93. The zero-order valence-electron chi connectivity index (χ0n) is 9.79. The van der Waals surface area contributed by atoms with Gasteiger partial charge in [0.15, 0.2) is 0 Å². The molecular weight excluding hydrogens is 247 g/mol. The average Bonchev–Trinajstić information content (AvgIpc) is 2.27. The third-order valence-corrected chi connectivity index (χ3v) is 2.50. The highest BCUT2D eigenvalue weighted by Gasteiger charge is 2.35. The molecule has 0 aliphatic rings. The normalized spacial score (nSPS) is 14.9. The number of benzene rings is 1. The summed E-state index contributed by atoms with van der Waals surface area (Å²) in [5.41, 5.74) is -0.674. The third-order valence-electron chi connectivity index (χ3n) is 2.50. The molecule has 0 radical (unpaired) electrons. The molecule has 0 aliphatic carbocycles. The molecule has 2 N–H and O–H groups in total. The predicted octanol–water partition coefficient (Wildman–Crippen LogP) is 1.96. The first-order valence-corrected chi connectivity index (χ1v) is 5.31. The molecule has 1 unspecified atom stereocenters. The number of aliphatic hydroxyl groups excluding tert-OH is 1. The summed E-state index contributed by atoms with van der Waals surface area (Å²) in [6.45, 7) is 0.983. The minimum absolute atomic E-state index is 0.486. The smallest absolute Gasteiger partial charge is 0.394 e. The number of hydrogen-bond donors (Lipinski definition) is 2. The van der Waals surface area contributed by atoms with Crippen LogP contribution in [0.5, 0.6) is 0 Å². The highest BCUT2D eigenvalue weighted by atomic mass is 19.4. The number of carbonyl (C=O) groups is 1. The first kappa shape index (κ1) is 14.5. The average molecular weight is 261 g/mol. The van der Waals surface area contributed by atoms with Crippen molar-refractivity contribution in [3.05, 3.63) is 35.9 Å². The van der Waals surface area contributed by atoms with Crippen LogP contribution in [0, 0.1) is 0 Å². The maximum Gasteiger partial charge on any atom is 0.397 e. The van der Waals surface area contributed by atoms with Gasteiger partial charge in [0.25, 0.3) is 0 Å². The maximum atomic E-state index is 12.1. The molecular formula is C12H14F3NO2. The maximum absolute atomic E-state index is 12.1. The summed E-state index contributed by atoms with van der Waals surface area (Å²) in [6.07, 6.45) is -6.12. The molecule has 0 spiro atoms. The first-order valence-electron chi connectivity index (χ1n) is 5.31. The molecule has 18 heavy (non-hydrogen) atoms. The Morgan fingerprint density at radius 3 is 2.28 bits per heavy atom. The molecule has 0 heterocycles. The lowest BCUT2D eigenvalue weighted by Crippen LogP contribution is -2.47. The zero-order valence-corrected chi connectivity index (χ0v) is 9.79. The van der Waals surface area contributed by atoms with E-state index in [1.807, 2.05) is 0 Å². The van der Waals surface area contributed by atoms with Crippen molar-refractivity contribution in [1.29, 1.82) is 0 Å². The van der Waals surface area contributed by atoms with Crippen molar-refractivity contribution in [2.24, 2.45) is 0 Å². The van der Waals surface area contributed by atoms with Crippen LogP contribution < -0.4 is 5.32 Å². The number of alkyl halides is 3. The largest absolute Gasteiger partial charge is 0.397 e. The second kappa shape index (κ2) is 5.39. The van der Waals surface area contributed by atoms with Crippen LogP contribution in [0.25, 0.3) is 0 Å². The first-order chi connectivity index (χ1) is 8.27. The molecule has 0 aliphatic heterocycles. The number of carbonyl (C=O) groups excluding carboxylic acids is 1. The predicted molar refractivity (Wildman–Crippen MR) is 59.7 cm³/mol. The molecule has 0 bridgehead atoms. The number of hydrogen-bond acceptors (Lipinski definition) is 2. The minimum atomic E-state index is -4.56. The van der Waals surface area contributed by atoms with Crippen LogP contribution in [-0.2, 0) is 10.3 Å². The Balaban J connectivity index is 2.81. The molecule has 0 aromatic heterocycles. The molecule has 1 rings (SSSR count). The molecule has 100 valence electrons. The Morgan fingerprint density at radius 1 is 1.28 bits per heavy atom. The van der Waals surface area contributed by atoms with Crippen LogP contribution in [0.2, 0.25) is 0 Å². The topological polar surface area (TPSA) is 49.3 Å². The fourth-order valence-corrected chi connectivity index (χ4v) is 1.54. The molecule has 3 nitrogen and oxygen atoms in total. The Kier molecular flexibility index (Phi) is 4.34. The van der Waals surface area contributed by atoms with E-state index in [1.165, 1.54) is 6.92 Å². The highest BCUT2D eigenvalue weighted by molar-refractivity contribution is 5.77. The van der Waals surface area contributed by atoms with Crippen molar-refractivity contribution in [2.75, 3.05) is 6.61 Å². The molecule has 1 amide bonds. The van der Waals surface area contributed by atoms with E-state index in [1.54, 1.807) is 30.3 Å². The van der Waals surface area contributed by atoms with E-state index in [2.05, 4.69) is 5.32 Å². The highest BCUT2D eigenvalue weighted by Crippen LogP contribution is 2.23. The number of amides is 1. The lowest BCUT2D eigenvalue weighted by Gasteiger charge is -2.29. The summed E-state index contributed by atoms with van der Waals surface area (Å²) in [5, 5.41) is 11.5. The van der Waals surface area contributed by atoms with Gasteiger partial charge in [-0.3, -0.25) is 4.79 Å². The van der Waals surface area contributed by atoms with Crippen LogP contribution in [0.3, 0.4) is 0 Å². The van der Waals surface area contributed by atoms with Crippen molar-refractivity contribution in [3.63, 3.8) is 0 Å². The number of rotatable bonds is 4. The summed E-state index contributed by atoms with van der Waals surface area (Å²) < 4.78 is 36.2. The van der Waals surface area contributed by atoms with Gasteiger partial charge in [-0.2, -0.15) is 13.2 Å². The van der Waals surface area contributed by atoms with Gasteiger partial charge in [0.2, 0.25) is 5.91 Å². The lowest BCUT2D eigenvalue weighted by molar-refractivity contribution is -0.155. The SMILES string of the molecule is CC(CO)(NC(=O)CC(F)(F)F)c1ccccc1. The van der Waals surface area contributed by atoms with E-state index in [0.717, 1.165) is 0 Å². The van der Waals surface area contributed by atoms with Crippen LogP contribution in [0.4, 0.5) is 13.2 Å². The standard InChI is InChI=1S/C12H14F3NO2/c1-11(8-17,9-5-3-2-4-6-9)16-10(18)7-12(13,14)15/h2-6,17H,7-8H2,1H3,(H,16,18). The molecule has 0 saturated carbocycles. The summed E-state index contributed by atoms with van der Waals surface area (Å²) in [5.74, 6) is -1.16. The minimum Gasteiger partial charge on any atom is -0.394 e. The van der Waals surface area contributed by atoms with E-state index < -0.39 is 30.7 Å². The van der Waals surface area contributed by atoms with Crippen molar-refractivity contribution in [1.82, 2.24) is 5.32 Å². The molecule has 0 saturated heterocycles.